The molecular weight excluding hydrogens is 544 g/mol. The summed E-state index contributed by atoms with van der Waals surface area (Å²) in [6.45, 7) is 19.8. The zero-order valence-corrected chi connectivity index (χ0v) is 26.9. The van der Waals surface area contributed by atoms with Crippen molar-refractivity contribution >= 4 is 51.8 Å². The fourth-order valence-corrected chi connectivity index (χ4v) is 7.86. The lowest BCUT2D eigenvalue weighted by atomic mass is 9.68. The van der Waals surface area contributed by atoms with Gasteiger partial charge in [0.25, 0.3) is 11.8 Å². The van der Waals surface area contributed by atoms with Crippen LogP contribution in [0.5, 0.6) is 0 Å². The van der Waals surface area contributed by atoms with E-state index in [0.29, 0.717) is 0 Å². The minimum atomic E-state index is -0.803. The number of benzene rings is 1. The molecule has 2 aromatic heterocycles. The minimum Gasteiger partial charge on any atom is -0.285 e. The van der Waals surface area contributed by atoms with Gasteiger partial charge in [-0.1, -0.05) is 52.0 Å². The van der Waals surface area contributed by atoms with Crippen LogP contribution in [0.1, 0.15) is 96.4 Å². The molecule has 0 unspecified atom stereocenters. The molecule has 7 nitrogen and oxygen atoms in total. The van der Waals surface area contributed by atoms with Crippen molar-refractivity contribution in [1.82, 2.24) is 14.8 Å². The maximum absolute atomic E-state index is 13.8. The molecule has 0 atom stereocenters. The first-order valence-electron chi connectivity index (χ1n) is 14.4. The van der Waals surface area contributed by atoms with Crippen LogP contribution in [-0.4, -0.2) is 43.7 Å². The molecule has 8 heteroatoms. The van der Waals surface area contributed by atoms with Gasteiger partial charge in [0.05, 0.1) is 5.69 Å². The zero-order chi connectivity index (χ0) is 30.7. The lowest BCUT2D eigenvalue weighted by Gasteiger charge is -2.47. The van der Waals surface area contributed by atoms with Gasteiger partial charge in [-0.3, -0.25) is 24.3 Å². The summed E-state index contributed by atoms with van der Waals surface area (Å²) >= 11 is 1.54. The largest absolute Gasteiger partial charge is 0.334 e. The van der Waals surface area contributed by atoms with Crippen LogP contribution < -0.4 is 4.90 Å². The van der Waals surface area contributed by atoms with Gasteiger partial charge < -0.3 is 0 Å². The monoisotopic (exact) mass is 582 g/mol. The Hall–Kier alpha value is -3.78. The number of carbonyl (C=O) groups excluding carboxylic acids is 3. The summed E-state index contributed by atoms with van der Waals surface area (Å²) in [6, 6.07) is 12.2. The first-order chi connectivity index (χ1) is 19.4. The van der Waals surface area contributed by atoms with Crippen molar-refractivity contribution in [2.75, 3.05) is 4.90 Å². The number of urea groups is 1. The van der Waals surface area contributed by atoms with Gasteiger partial charge in [-0.05, 0) is 76.4 Å². The van der Waals surface area contributed by atoms with Gasteiger partial charge in [0.2, 0.25) is 0 Å². The van der Waals surface area contributed by atoms with Gasteiger partial charge in [-0.2, -0.15) is 0 Å². The molecular formula is C34H38N4O3S. The van der Waals surface area contributed by atoms with Gasteiger partial charge in [-0.25, -0.2) is 9.78 Å². The topological polar surface area (TPSA) is 73.8 Å². The van der Waals surface area contributed by atoms with E-state index in [2.05, 4.69) is 62.9 Å². The molecule has 3 aliphatic rings. The predicted molar refractivity (Wildman–Crippen MR) is 168 cm³/mol. The maximum atomic E-state index is 13.8. The SMILES string of the molecule is CC1(C)c2cccnc2N2c3sc(C=C4C(=O)N(C(C)(C)C)C(=O)N(C(C)(C)C)C4=O)cc3C(C)(C)c3cccc1c32. The van der Waals surface area contributed by atoms with Gasteiger partial charge >= 0.3 is 6.03 Å². The number of pyridine rings is 1. The molecule has 0 N–H and O–H groups in total. The predicted octanol–water partition coefficient (Wildman–Crippen LogP) is 7.66. The Labute approximate surface area is 251 Å². The van der Waals surface area contributed by atoms with Gasteiger partial charge in [-0.15, -0.1) is 11.3 Å². The molecule has 0 spiro atoms. The standard InChI is InChI=1S/C34H38N4O3S/c1-31(2,3)37-27(39)20(28(40)38(30(37)41)32(4,5)6)17-19-18-24-29(42-19)36-25-21(13-11-14-22(25)34(24,9)10)33(7,8)23-15-12-16-35-26(23)36/h11-18H,1-10H3. The van der Waals surface area contributed by atoms with E-state index in [1.807, 2.05) is 12.3 Å². The molecule has 6 rings (SSSR count). The molecule has 1 aromatic carbocycles. The molecule has 1 fully saturated rings. The highest BCUT2D eigenvalue weighted by Crippen LogP contribution is 2.61. The van der Waals surface area contributed by atoms with Gasteiger partial charge in [0, 0.05) is 38.5 Å². The summed E-state index contributed by atoms with van der Waals surface area (Å²) in [5.41, 5.74) is 3.67. The number of carbonyl (C=O) groups is 3. The molecule has 3 aliphatic heterocycles. The fraction of sp³-hybridized carbons (Fsp3) is 0.412. The van der Waals surface area contributed by atoms with Crippen LogP contribution in [0.25, 0.3) is 6.08 Å². The number of anilines is 3. The number of para-hydroxylation sites is 1. The van der Waals surface area contributed by atoms with Crippen LogP contribution in [0, 0.1) is 0 Å². The molecule has 0 saturated carbocycles. The van der Waals surface area contributed by atoms with E-state index in [0.717, 1.165) is 32.5 Å². The molecule has 4 amide bonds. The number of amides is 4. The molecule has 42 heavy (non-hydrogen) atoms. The summed E-state index contributed by atoms with van der Waals surface area (Å²) in [7, 11) is 0. The zero-order valence-electron chi connectivity index (χ0n) is 26.0. The molecule has 0 aliphatic carbocycles. The number of hydrogen-bond donors (Lipinski definition) is 0. The summed E-state index contributed by atoms with van der Waals surface area (Å²) in [5, 5.41) is 1.02. The Morgan fingerprint density at radius 1 is 0.762 bits per heavy atom. The molecule has 218 valence electrons. The van der Waals surface area contributed by atoms with E-state index < -0.39 is 28.9 Å². The number of fused-ring (bicyclic) bond motifs is 4. The highest BCUT2D eigenvalue weighted by molar-refractivity contribution is 7.17. The number of barbiturate groups is 1. The van der Waals surface area contributed by atoms with E-state index in [4.69, 9.17) is 4.98 Å². The Morgan fingerprint density at radius 3 is 1.83 bits per heavy atom. The number of imide groups is 2. The van der Waals surface area contributed by atoms with E-state index in [9.17, 15) is 14.4 Å². The van der Waals surface area contributed by atoms with Crippen molar-refractivity contribution in [3.8, 4) is 0 Å². The number of hydrogen-bond acceptors (Lipinski definition) is 6. The average Bonchev–Trinajstić information content (AvgIpc) is 3.29. The second-order valence-electron chi connectivity index (χ2n) is 14.5. The Bertz CT molecular complexity index is 1690. The van der Waals surface area contributed by atoms with E-state index in [1.54, 1.807) is 47.6 Å². The molecule has 1 saturated heterocycles. The minimum absolute atomic E-state index is 0.00708. The second kappa shape index (κ2) is 8.63. The second-order valence-corrected chi connectivity index (χ2v) is 15.6. The van der Waals surface area contributed by atoms with E-state index in [-0.39, 0.29) is 16.4 Å². The first kappa shape index (κ1) is 28.3. The summed E-state index contributed by atoms with van der Waals surface area (Å²) in [5.74, 6) is -0.240. The van der Waals surface area contributed by atoms with Gasteiger partial charge in [0.1, 0.15) is 16.4 Å². The highest BCUT2D eigenvalue weighted by Gasteiger charge is 2.51. The number of rotatable bonds is 1. The lowest BCUT2D eigenvalue weighted by molar-refractivity contribution is -0.141. The van der Waals surface area contributed by atoms with Crippen LogP contribution >= 0.6 is 11.3 Å². The third-order valence-electron chi connectivity index (χ3n) is 8.76. The number of aromatic nitrogens is 1. The molecule has 3 aromatic rings. The van der Waals surface area contributed by atoms with E-state index >= 15 is 0 Å². The van der Waals surface area contributed by atoms with Crippen LogP contribution in [0.2, 0.25) is 0 Å². The average molecular weight is 583 g/mol. The molecule has 0 bridgehead atoms. The number of thiophene rings is 1. The maximum Gasteiger partial charge on any atom is 0.334 e. The first-order valence-corrected chi connectivity index (χ1v) is 15.2. The molecule has 5 heterocycles. The van der Waals surface area contributed by atoms with Crippen molar-refractivity contribution in [3.63, 3.8) is 0 Å². The van der Waals surface area contributed by atoms with Crippen molar-refractivity contribution in [1.29, 1.82) is 0 Å². The van der Waals surface area contributed by atoms with Crippen LogP contribution in [0.3, 0.4) is 0 Å². The quantitative estimate of drug-likeness (QED) is 0.218. The fourth-order valence-electron chi connectivity index (χ4n) is 6.59. The van der Waals surface area contributed by atoms with Gasteiger partial charge in [0.15, 0.2) is 0 Å². The normalized spacial score (nSPS) is 19.0. The number of nitrogens with zero attached hydrogens (tertiary/aromatic N) is 4. The van der Waals surface area contributed by atoms with E-state index in [1.165, 1.54) is 32.3 Å². The van der Waals surface area contributed by atoms with Crippen LogP contribution in [-0.2, 0) is 20.4 Å². The Morgan fingerprint density at radius 2 is 1.29 bits per heavy atom. The van der Waals surface area contributed by atoms with Crippen LogP contribution in [0.15, 0.2) is 48.2 Å². The highest BCUT2D eigenvalue weighted by atomic mass is 32.1. The third kappa shape index (κ3) is 3.77. The van der Waals surface area contributed by atoms with Crippen LogP contribution in [0.4, 0.5) is 21.3 Å². The lowest BCUT2D eigenvalue weighted by Crippen LogP contribution is -2.65. The Balaban J connectivity index is 1.57. The summed E-state index contributed by atoms with van der Waals surface area (Å²) < 4.78 is 0. The van der Waals surface area contributed by atoms with Crippen molar-refractivity contribution in [2.45, 2.75) is 91.1 Å². The van der Waals surface area contributed by atoms with Crippen molar-refractivity contribution in [3.05, 3.63) is 75.3 Å². The Kier molecular flexibility index (Phi) is 5.82. The van der Waals surface area contributed by atoms with Crippen molar-refractivity contribution in [2.24, 2.45) is 0 Å². The molecule has 0 radical (unpaired) electrons. The smallest absolute Gasteiger partial charge is 0.285 e. The third-order valence-corrected chi connectivity index (χ3v) is 9.83. The van der Waals surface area contributed by atoms with Crippen molar-refractivity contribution < 1.29 is 14.4 Å². The summed E-state index contributed by atoms with van der Waals surface area (Å²) in [6.07, 6.45) is 3.50. The summed E-state index contributed by atoms with van der Waals surface area (Å²) in [4.78, 5) is 51.4.